The number of nitrogens with one attached hydrogen (secondary N) is 1. The molecule has 3 aliphatic rings. The molecule has 2 unspecified atom stereocenters. The highest BCUT2D eigenvalue weighted by molar-refractivity contribution is 5.94. The summed E-state index contributed by atoms with van der Waals surface area (Å²) in [5.41, 5.74) is 2.06. The first-order valence-electron chi connectivity index (χ1n) is 10.2. The highest BCUT2D eigenvalue weighted by atomic mass is 16.2. The average Bonchev–Trinajstić information content (AvgIpc) is 3.00. The summed E-state index contributed by atoms with van der Waals surface area (Å²) in [6, 6.07) is 10.0. The van der Waals surface area contributed by atoms with Gasteiger partial charge < -0.3 is 15.1 Å². The number of likely N-dealkylation sites (tertiary alicyclic amines) is 1. The van der Waals surface area contributed by atoms with Crippen LogP contribution in [0.15, 0.2) is 24.3 Å². The molecule has 3 fully saturated rings. The van der Waals surface area contributed by atoms with E-state index in [9.17, 15) is 4.79 Å². The Hall–Kier alpha value is -1.59. The fraction of sp³-hybridized carbons (Fsp3) is 0.667. The van der Waals surface area contributed by atoms with E-state index in [0.717, 1.165) is 51.3 Å². The second-order valence-corrected chi connectivity index (χ2v) is 8.34. The topological polar surface area (TPSA) is 38.8 Å². The SMILES string of the molecule is CC(C)N1CCN(c2ccc(C(=O)N3CCC4CCC(C3)N4)cc2)CC1. The molecule has 0 spiro atoms. The fourth-order valence-corrected chi connectivity index (χ4v) is 4.62. The van der Waals surface area contributed by atoms with Gasteiger partial charge in [0.2, 0.25) is 0 Å². The first-order valence-corrected chi connectivity index (χ1v) is 10.2. The van der Waals surface area contributed by atoms with Crippen molar-refractivity contribution in [3.8, 4) is 0 Å². The number of amides is 1. The van der Waals surface area contributed by atoms with Gasteiger partial charge in [0.25, 0.3) is 5.91 Å². The molecule has 2 atom stereocenters. The van der Waals surface area contributed by atoms with Gasteiger partial charge in [-0.1, -0.05) is 0 Å². The summed E-state index contributed by atoms with van der Waals surface area (Å²) in [6.45, 7) is 10.6. The van der Waals surface area contributed by atoms with Gasteiger partial charge in [-0.25, -0.2) is 0 Å². The number of nitrogens with zero attached hydrogens (tertiary/aromatic N) is 3. The van der Waals surface area contributed by atoms with Crippen molar-refractivity contribution in [1.82, 2.24) is 15.1 Å². The molecule has 26 heavy (non-hydrogen) atoms. The number of rotatable bonds is 3. The Morgan fingerprint density at radius 3 is 2.35 bits per heavy atom. The third-order valence-corrected chi connectivity index (χ3v) is 6.33. The molecule has 2 bridgehead atoms. The van der Waals surface area contributed by atoms with E-state index in [-0.39, 0.29) is 5.91 Å². The zero-order valence-corrected chi connectivity index (χ0v) is 16.2. The maximum Gasteiger partial charge on any atom is 0.253 e. The van der Waals surface area contributed by atoms with Gasteiger partial charge in [0.15, 0.2) is 0 Å². The molecular formula is C21H32N4O. The maximum absolute atomic E-state index is 12.9. The molecule has 1 amide bonds. The van der Waals surface area contributed by atoms with Gasteiger partial charge in [0, 0.05) is 68.6 Å². The van der Waals surface area contributed by atoms with Crippen LogP contribution in [-0.2, 0) is 0 Å². The zero-order chi connectivity index (χ0) is 18.1. The normalized spacial score (nSPS) is 27.0. The predicted molar refractivity (Wildman–Crippen MR) is 106 cm³/mol. The maximum atomic E-state index is 12.9. The lowest BCUT2D eigenvalue weighted by Crippen LogP contribution is -2.48. The van der Waals surface area contributed by atoms with Gasteiger partial charge in [0.1, 0.15) is 0 Å². The molecular weight excluding hydrogens is 324 g/mol. The minimum atomic E-state index is 0.190. The lowest BCUT2D eigenvalue weighted by molar-refractivity contribution is 0.0748. The number of carbonyl (C=O) groups is 1. The molecule has 1 aromatic rings. The minimum Gasteiger partial charge on any atom is -0.369 e. The second-order valence-electron chi connectivity index (χ2n) is 8.34. The van der Waals surface area contributed by atoms with Crippen LogP contribution in [0, 0.1) is 0 Å². The lowest BCUT2D eigenvalue weighted by atomic mass is 10.1. The van der Waals surface area contributed by atoms with Crippen LogP contribution in [-0.4, -0.2) is 73.1 Å². The molecule has 1 aromatic carbocycles. The summed E-state index contributed by atoms with van der Waals surface area (Å²) >= 11 is 0. The number of piperazine rings is 1. The second kappa shape index (κ2) is 7.57. The minimum absolute atomic E-state index is 0.190. The molecule has 5 heteroatoms. The van der Waals surface area contributed by atoms with Crippen LogP contribution in [0.2, 0.25) is 0 Å². The molecule has 3 aliphatic heterocycles. The van der Waals surface area contributed by atoms with Crippen molar-refractivity contribution in [3.63, 3.8) is 0 Å². The van der Waals surface area contributed by atoms with E-state index in [1.807, 2.05) is 17.0 Å². The Morgan fingerprint density at radius 1 is 0.962 bits per heavy atom. The van der Waals surface area contributed by atoms with E-state index in [1.54, 1.807) is 0 Å². The Bertz CT molecular complexity index is 621. The first kappa shape index (κ1) is 17.8. The quantitative estimate of drug-likeness (QED) is 0.901. The number of hydrogen-bond acceptors (Lipinski definition) is 4. The van der Waals surface area contributed by atoms with Crippen molar-refractivity contribution < 1.29 is 4.79 Å². The summed E-state index contributed by atoms with van der Waals surface area (Å²) in [5, 5.41) is 3.65. The van der Waals surface area contributed by atoms with E-state index < -0.39 is 0 Å². The monoisotopic (exact) mass is 356 g/mol. The van der Waals surface area contributed by atoms with E-state index in [2.05, 4.69) is 41.1 Å². The third kappa shape index (κ3) is 3.74. The Labute approximate surface area is 157 Å². The van der Waals surface area contributed by atoms with E-state index >= 15 is 0 Å². The zero-order valence-electron chi connectivity index (χ0n) is 16.2. The standard InChI is InChI=1S/C21H32N4O/c1-16(2)23-11-13-24(14-12-23)20-7-3-17(4-8-20)21(26)25-10-9-18-5-6-19(15-25)22-18/h3-4,7-8,16,18-19,22H,5-6,9-15H2,1-2H3. The highest BCUT2D eigenvalue weighted by Crippen LogP contribution is 2.23. The highest BCUT2D eigenvalue weighted by Gasteiger charge is 2.31. The largest absolute Gasteiger partial charge is 0.369 e. The lowest BCUT2D eigenvalue weighted by Gasteiger charge is -2.38. The summed E-state index contributed by atoms with van der Waals surface area (Å²) in [5.74, 6) is 0.190. The van der Waals surface area contributed by atoms with Crippen molar-refractivity contribution >= 4 is 11.6 Å². The van der Waals surface area contributed by atoms with Gasteiger partial charge in [-0.05, 0) is 57.4 Å². The number of hydrogen-bond donors (Lipinski definition) is 1. The van der Waals surface area contributed by atoms with Crippen LogP contribution in [0.3, 0.4) is 0 Å². The molecule has 0 radical (unpaired) electrons. The van der Waals surface area contributed by atoms with Crippen LogP contribution >= 0.6 is 0 Å². The third-order valence-electron chi connectivity index (χ3n) is 6.33. The van der Waals surface area contributed by atoms with Gasteiger partial charge >= 0.3 is 0 Å². The summed E-state index contributed by atoms with van der Waals surface area (Å²) in [6.07, 6.45) is 3.56. The predicted octanol–water partition coefficient (Wildman–Crippen LogP) is 2.18. The summed E-state index contributed by atoms with van der Waals surface area (Å²) < 4.78 is 0. The van der Waals surface area contributed by atoms with Crippen molar-refractivity contribution in [2.75, 3.05) is 44.2 Å². The number of fused-ring (bicyclic) bond motifs is 2. The Balaban J connectivity index is 1.37. The number of carbonyl (C=O) groups excluding carboxylic acids is 1. The van der Waals surface area contributed by atoms with Gasteiger partial charge in [-0.2, -0.15) is 0 Å². The van der Waals surface area contributed by atoms with Crippen molar-refractivity contribution in [1.29, 1.82) is 0 Å². The smallest absolute Gasteiger partial charge is 0.253 e. The molecule has 0 saturated carbocycles. The number of anilines is 1. The van der Waals surface area contributed by atoms with Crippen LogP contribution in [0.1, 0.15) is 43.5 Å². The van der Waals surface area contributed by atoms with E-state index in [4.69, 9.17) is 0 Å². The van der Waals surface area contributed by atoms with Crippen LogP contribution < -0.4 is 10.2 Å². The van der Waals surface area contributed by atoms with Crippen molar-refractivity contribution in [3.05, 3.63) is 29.8 Å². The van der Waals surface area contributed by atoms with Crippen LogP contribution in [0.25, 0.3) is 0 Å². The molecule has 0 aromatic heterocycles. The van der Waals surface area contributed by atoms with Crippen molar-refractivity contribution in [2.24, 2.45) is 0 Å². The molecule has 5 nitrogen and oxygen atoms in total. The Morgan fingerprint density at radius 2 is 1.65 bits per heavy atom. The molecule has 142 valence electrons. The summed E-state index contributed by atoms with van der Waals surface area (Å²) in [7, 11) is 0. The molecule has 3 heterocycles. The number of benzene rings is 1. The average molecular weight is 357 g/mol. The Kier molecular flexibility index (Phi) is 5.18. The van der Waals surface area contributed by atoms with Gasteiger partial charge in [-0.15, -0.1) is 0 Å². The molecule has 0 aliphatic carbocycles. The van der Waals surface area contributed by atoms with Gasteiger partial charge in [-0.3, -0.25) is 9.69 Å². The van der Waals surface area contributed by atoms with Crippen molar-refractivity contribution in [2.45, 2.75) is 51.2 Å². The van der Waals surface area contributed by atoms with Crippen LogP contribution in [0.4, 0.5) is 5.69 Å². The molecule has 1 N–H and O–H groups in total. The fourth-order valence-electron chi connectivity index (χ4n) is 4.62. The van der Waals surface area contributed by atoms with E-state index in [0.29, 0.717) is 18.1 Å². The van der Waals surface area contributed by atoms with E-state index in [1.165, 1.54) is 18.5 Å². The summed E-state index contributed by atoms with van der Waals surface area (Å²) in [4.78, 5) is 19.9. The first-order chi connectivity index (χ1) is 12.6. The van der Waals surface area contributed by atoms with Gasteiger partial charge in [0.05, 0.1) is 0 Å². The molecule has 4 rings (SSSR count). The van der Waals surface area contributed by atoms with Crippen LogP contribution in [0.5, 0.6) is 0 Å². The molecule has 3 saturated heterocycles.